The highest BCUT2D eigenvalue weighted by molar-refractivity contribution is 5.74. The van der Waals surface area contributed by atoms with Gasteiger partial charge in [-0.15, -0.1) is 0 Å². The van der Waals surface area contributed by atoms with E-state index in [2.05, 4.69) is 38.1 Å². The molecule has 16 heavy (non-hydrogen) atoms. The Labute approximate surface area is 95.6 Å². The Kier molecular flexibility index (Phi) is 1.78. The normalized spacial score (nSPS) is 36.5. The number of hydrogen-bond donors (Lipinski definition) is 0. The van der Waals surface area contributed by atoms with Gasteiger partial charge in [0.25, 0.3) is 0 Å². The van der Waals surface area contributed by atoms with Crippen molar-refractivity contribution in [2.75, 3.05) is 0 Å². The van der Waals surface area contributed by atoms with Crippen molar-refractivity contribution < 1.29 is 9.53 Å². The van der Waals surface area contributed by atoms with Crippen LogP contribution in [0.5, 0.6) is 0 Å². The second-order valence-corrected chi connectivity index (χ2v) is 5.67. The van der Waals surface area contributed by atoms with Crippen LogP contribution in [0, 0.1) is 0 Å². The van der Waals surface area contributed by atoms with Crippen LogP contribution < -0.4 is 0 Å². The summed E-state index contributed by atoms with van der Waals surface area (Å²) in [6.07, 6.45) is 2.31. The summed E-state index contributed by atoms with van der Waals surface area (Å²) in [6.45, 7) is 4.24. The van der Waals surface area contributed by atoms with Gasteiger partial charge >= 0.3 is 5.97 Å². The zero-order chi connectivity index (χ0) is 11.4. The lowest BCUT2D eigenvalue weighted by Gasteiger charge is -2.48. The minimum atomic E-state index is -0.293. The second kappa shape index (κ2) is 2.88. The van der Waals surface area contributed by atoms with Gasteiger partial charge < -0.3 is 4.74 Å². The van der Waals surface area contributed by atoms with E-state index in [0.29, 0.717) is 6.42 Å². The molecule has 1 heterocycles. The summed E-state index contributed by atoms with van der Waals surface area (Å²) in [5.74, 6) is -0.0502. The number of carbonyl (C=O) groups is 1. The van der Waals surface area contributed by atoms with E-state index in [1.165, 1.54) is 11.1 Å². The van der Waals surface area contributed by atoms with Crippen molar-refractivity contribution in [2.24, 2.45) is 0 Å². The number of ether oxygens (including phenoxy) is 1. The number of fused-ring (bicyclic) bond motifs is 4. The predicted octanol–water partition coefficient (Wildman–Crippen LogP) is 2.60. The van der Waals surface area contributed by atoms with Crippen molar-refractivity contribution in [1.82, 2.24) is 0 Å². The lowest BCUT2D eigenvalue weighted by molar-refractivity contribution is -0.172. The van der Waals surface area contributed by atoms with Crippen LogP contribution in [0.3, 0.4) is 0 Å². The standard InChI is InChI=1S/C14H16O2/c1-13-8-12(15)16-14(2,9-13)7-10-5-3-4-6-11(10)13/h3-6H,7-9H2,1-2H3. The van der Waals surface area contributed by atoms with Crippen LogP contribution in [-0.4, -0.2) is 11.6 Å². The summed E-state index contributed by atoms with van der Waals surface area (Å²) in [4.78, 5) is 11.7. The van der Waals surface area contributed by atoms with Crippen LogP contribution in [0.1, 0.15) is 37.8 Å². The zero-order valence-corrected chi connectivity index (χ0v) is 9.75. The first kappa shape index (κ1) is 9.88. The molecule has 84 valence electrons. The van der Waals surface area contributed by atoms with Crippen LogP contribution in [0.4, 0.5) is 0 Å². The molecule has 2 unspecified atom stereocenters. The van der Waals surface area contributed by atoms with Gasteiger partial charge in [0.15, 0.2) is 0 Å². The molecule has 1 aliphatic carbocycles. The molecule has 0 N–H and O–H groups in total. The van der Waals surface area contributed by atoms with E-state index in [4.69, 9.17) is 4.74 Å². The molecule has 0 aromatic heterocycles. The summed E-state index contributed by atoms with van der Waals surface area (Å²) in [6, 6.07) is 8.44. The van der Waals surface area contributed by atoms with Crippen molar-refractivity contribution in [3.05, 3.63) is 35.4 Å². The molecule has 2 heteroatoms. The molecule has 0 saturated carbocycles. The molecule has 2 atom stereocenters. The maximum absolute atomic E-state index is 11.7. The fraction of sp³-hybridized carbons (Fsp3) is 0.500. The number of hydrogen-bond acceptors (Lipinski definition) is 2. The van der Waals surface area contributed by atoms with Crippen molar-refractivity contribution in [3.8, 4) is 0 Å². The van der Waals surface area contributed by atoms with E-state index in [1.54, 1.807) is 0 Å². The Morgan fingerprint density at radius 2 is 1.94 bits per heavy atom. The molecule has 1 saturated heterocycles. The molecule has 2 nitrogen and oxygen atoms in total. The van der Waals surface area contributed by atoms with Crippen molar-refractivity contribution in [1.29, 1.82) is 0 Å². The maximum atomic E-state index is 11.7. The number of benzene rings is 1. The lowest BCUT2D eigenvalue weighted by atomic mass is 9.63. The molecule has 0 spiro atoms. The first-order chi connectivity index (χ1) is 7.51. The Balaban J connectivity index is 2.18. The van der Waals surface area contributed by atoms with Gasteiger partial charge in [-0.1, -0.05) is 31.2 Å². The van der Waals surface area contributed by atoms with Gasteiger partial charge in [-0.05, 0) is 24.5 Å². The van der Waals surface area contributed by atoms with Crippen LogP contribution in [0.2, 0.25) is 0 Å². The Hall–Kier alpha value is -1.31. The molecule has 0 radical (unpaired) electrons. The highest BCUT2D eigenvalue weighted by atomic mass is 16.6. The molecule has 3 rings (SSSR count). The summed E-state index contributed by atoms with van der Waals surface area (Å²) < 4.78 is 5.53. The van der Waals surface area contributed by atoms with Gasteiger partial charge in [0.1, 0.15) is 5.60 Å². The fourth-order valence-corrected chi connectivity index (χ4v) is 3.51. The van der Waals surface area contributed by atoms with Gasteiger partial charge in [0.05, 0.1) is 6.42 Å². The largest absolute Gasteiger partial charge is 0.459 e. The smallest absolute Gasteiger partial charge is 0.307 e. The first-order valence-corrected chi connectivity index (χ1v) is 5.81. The quantitative estimate of drug-likeness (QED) is 0.623. The molecular formula is C14H16O2. The van der Waals surface area contributed by atoms with E-state index in [1.807, 2.05) is 0 Å². The maximum Gasteiger partial charge on any atom is 0.307 e. The van der Waals surface area contributed by atoms with Gasteiger partial charge in [-0.3, -0.25) is 4.79 Å². The topological polar surface area (TPSA) is 26.3 Å². The van der Waals surface area contributed by atoms with Gasteiger partial charge in [-0.25, -0.2) is 0 Å². The molecule has 1 aliphatic heterocycles. The van der Waals surface area contributed by atoms with E-state index in [-0.39, 0.29) is 17.0 Å². The summed E-state index contributed by atoms with van der Waals surface area (Å²) in [5, 5.41) is 0. The van der Waals surface area contributed by atoms with Crippen molar-refractivity contribution >= 4 is 5.97 Å². The van der Waals surface area contributed by atoms with Crippen LogP contribution in [-0.2, 0) is 21.4 Å². The Morgan fingerprint density at radius 1 is 1.19 bits per heavy atom. The average Bonchev–Trinajstić information content (AvgIpc) is 2.14. The number of carbonyl (C=O) groups excluding carboxylic acids is 1. The number of esters is 1. The fourth-order valence-electron chi connectivity index (χ4n) is 3.51. The Morgan fingerprint density at radius 3 is 2.75 bits per heavy atom. The summed E-state index contributed by atoms with van der Waals surface area (Å²) in [7, 11) is 0. The second-order valence-electron chi connectivity index (χ2n) is 5.67. The third-order valence-corrected chi connectivity index (χ3v) is 3.89. The van der Waals surface area contributed by atoms with E-state index < -0.39 is 0 Å². The van der Waals surface area contributed by atoms with E-state index in [0.717, 1.165) is 12.8 Å². The van der Waals surface area contributed by atoms with Gasteiger partial charge in [0, 0.05) is 11.8 Å². The SMILES string of the molecule is CC12Cc3ccccc3C(C)(CC(=O)O1)C2. The monoisotopic (exact) mass is 216 g/mol. The third-order valence-electron chi connectivity index (χ3n) is 3.89. The average molecular weight is 216 g/mol. The van der Waals surface area contributed by atoms with Crippen LogP contribution in [0.15, 0.2) is 24.3 Å². The van der Waals surface area contributed by atoms with Gasteiger partial charge in [-0.2, -0.15) is 0 Å². The molecular weight excluding hydrogens is 200 g/mol. The molecule has 2 aliphatic rings. The number of rotatable bonds is 0. The third kappa shape index (κ3) is 1.29. The minimum absolute atomic E-state index is 0.0288. The van der Waals surface area contributed by atoms with Crippen LogP contribution in [0.25, 0.3) is 0 Å². The summed E-state index contributed by atoms with van der Waals surface area (Å²) in [5.41, 5.74) is 2.35. The summed E-state index contributed by atoms with van der Waals surface area (Å²) >= 11 is 0. The molecule has 1 aromatic carbocycles. The molecule has 1 fully saturated rings. The van der Waals surface area contributed by atoms with E-state index in [9.17, 15) is 4.79 Å². The minimum Gasteiger partial charge on any atom is -0.459 e. The Bertz CT molecular complexity index is 466. The van der Waals surface area contributed by atoms with Crippen LogP contribution >= 0.6 is 0 Å². The first-order valence-electron chi connectivity index (χ1n) is 5.81. The highest BCUT2D eigenvalue weighted by Crippen LogP contribution is 2.48. The van der Waals surface area contributed by atoms with Crippen molar-refractivity contribution in [2.45, 2.75) is 44.1 Å². The molecule has 0 amide bonds. The van der Waals surface area contributed by atoms with E-state index >= 15 is 0 Å². The zero-order valence-electron chi connectivity index (χ0n) is 9.75. The molecule has 1 aromatic rings. The van der Waals surface area contributed by atoms with Gasteiger partial charge in [0.2, 0.25) is 0 Å². The lowest BCUT2D eigenvalue weighted by Crippen LogP contribution is -2.51. The highest BCUT2D eigenvalue weighted by Gasteiger charge is 2.50. The predicted molar refractivity (Wildman–Crippen MR) is 61.2 cm³/mol. The van der Waals surface area contributed by atoms with Crippen molar-refractivity contribution in [3.63, 3.8) is 0 Å². The molecule has 2 bridgehead atoms.